The van der Waals surface area contributed by atoms with Gasteiger partial charge in [0.1, 0.15) is 0 Å². The number of nitrogens with zero attached hydrogens (tertiary/aromatic N) is 1. The van der Waals surface area contributed by atoms with Crippen molar-refractivity contribution in [3.63, 3.8) is 0 Å². The van der Waals surface area contributed by atoms with Crippen LogP contribution in [0, 0.1) is 12.8 Å². The van der Waals surface area contributed by atoms with Crippen molar-refractivity contribution in [2.45, 2.75) is 32.2 Å². The first-order chi connectivity index (χ1) is 7.27. The van der Waals surface area contributed by atoms with Gasteiger partial charge in [0, 0.05) is 18.5 Å². The summed E-state index contributed by atoms with van der Waals surface area (Å²) in [4.78, 5) is 2.65. The summed E-state index contributed by atoms with van der Waals surface area (Å²) in [5, 5.41) is 0. The van der Waals surface area contributed by atoms with E-state index in [1.165, 1.54) is 25.1 Å². The van der Waals surface area contributed by atoms with Crippen LogP contribution in [0.15, 0.2) is 24.3 Å². The summed E-state index contributed by atoms with van der Waals surface area (Å²) >= 11 is 0. The van der Waals surface area contributed by atoms with Crippen LogP contribution in [0.2, 0.25) is 0 Å². The molecule has 2 aliphatic heterocycles. The van der Waals surface area contributed by atoms with Crippen LogP contribution in [-0.4, -0.2) is 24.0 Å². The van der Waals surface area contributed by atoms with E-state index in [0.717, 1.165) is 17.9 Å². The van der Waals surface area contributed by atoms with E-state index in [4.69, 9.17) is 0 Å². The maximum atomic E-state index is 2.65. The average molecular weight is 201 g/mol. The van der Waals surface area contributed by atoms with Crippen molar-refractivity contribution in [2.75, 3.05) is 13.1 Å². The Morgan fingerprint density at radius 2 is 2.07 bits per heavy atom. The standard InChI is InChI=1S/C14H19N/c1-10-5-3-4-6-13(10)14-11(2)15-8-7-12(14)9-15/h3-6,11-12,14H,7-9H2,1-2H3/t11-,12?,14?/m1/s1. The van der Waals surface area contributed by atoms with Gasteiger partial charge in [-0.3, -0.25) is 4.90 Å². The van der Waals surface area contributed by atoms with Gasteiger partial charge in [-0.25, -0.2) is 0 Å². The fourth-order valence-corrected chi connectivity index (χ4v) is 3.57. The van der Waals surface area contributed by atoms with Gasteiger partial charge >= 0.3 is 0 Å². The molecule has 2 heterocycles. The molecule has 0 spiro atoms. The topological polar surface area (TPSA) is 3.24 Å². The molecule has 2 bridgehead atoms. The molecule has 1 heteroatoms. The Kier molecular flexibility index (Phi) is 2.10. The fraction of sp³-hybridized carbons (Fsp3) is 0.571. The predicted octanol–water partition coefficient (Wildman–Crippen LogP) is 2.80. The molecule has 15 heavy (non-hydrogen) atoms. The summed E-state index contributed by atoms with van der Waals surface area (Å²) < 4.78 is 0. The minimum absolute atomic E-state index is 0.754. The molecule has 0 radical (unpaired) electrons. The first-order valence-corrected chi connectivity index (χ1v) is 6.07. The number of hydrogen-bond acceptors (Lipinski definition) is 1. The molecule has 0 aliphatic carbocycles. The zero-order valence-electron chi connectivity index (χ0n) is 9.61. The van der Waals surface area contributed by atoms with Gasteiger partial charge in [-0.05, 0) is 43.9 Å². The second kappa shape index (κ2) is 3.34. The van der Waals surface area contributed by atoms with E-state index >= 15 is 0 Å². The van der Waals surface area contributed by atoms with E-state index in [-0.39, 0.29) is 0 Å². The van der Waals surface area contributed by atoms with Crippen LogP contribution in [0.5, 0.6) is 0 Å². The number of hydrogen-bond donors (Lipinski definition) is 0. The molecule has 2 aliphatic rings. The number of benzene rings is 1. The average Bonchev–Trinajstić information content (AvgIpc) is 2.80. The summed E-state index contributed by atoms with van der Waals surface area (Å²) in [5.74, 6) is 1.71. The van der Waals surface area contributed by atoms with E-state index in [1.807, 2.05) is 0 Å². The normalized spacial score (nSPS) is 38.5. The van der Waals surface area contributed by atoms with E-state index < -0.39 is 0 Å². The van der Waals surface area contributed by atoms with Crippen molar-refractivity contribution >= 4 is 0 Å². The highest BCUT2D eigenvalue weighted by Gasteiger charge is 2.44. The molecule has 1 aromatic rings. The third kappa shape index (κ3) is 1.33. The van der Waals surface area contributed by atoms with Crippen molar-refractivity contribution in [1.82, 2.24) is 4.90 Å². The third-order valence-corrected chi connectivity index (χ3v) is 4.41. The van der Waals surface area contributed by atoms with Crippen LogP contribution in [-0.2, 0) is 0 Å². The lowest BCUT2D eigenvalue weighted by Gasteiger charge is -2.30. The lowest BCUT2D eigenvalue weighted by atomic mass is 9.80. The second-order valence-electron chi connectivity index (χ2n) is 5.17. The summed E-state index contributed by atoms with van der Waals surface area (Å²) in [6.45, 7) is 7.31. The lowest BCUT2D eigenvalue weighted by Crippen LogP contribution is -2.32. The Balaban J connectivity index is 1.98. The zero-order chi connectivity index (χ0) is 10.4. The molecule has 1 nitrogen and oxygen atoms in total. The van der Waals surface area contributed by atoms with E-state index in [2.05, 4.69) is 43.0 Å². The van der Waals surface area contributed by atoms with Crippen molar-refractivity contribution in [2.24, 2.45) is 5.92 Å². The second-order valence-corrected chi connectivity index (χ2v) is 5.17. The van der Waals surface area contributed by atoms with Crippen LogP contribution in [0.4, 0.5) is 0 Å². The Morgan fingerprint density at radius 3 is 2.73 bits per heavy atom. The lowest BCUT2D eigenvalue weighted by molar-refractivity contribution is 0.256. The molecule has 3 unspecified atom stereocenters. The Labute approximate surface area is 92.1 Å². The summed E-state index contributed by atoms with van der Waals surface area (Å²) in [7, 11) is 0. The largest absolute Gasteiger partial charge is 0.300 e. The van der Waals surface area contributed by atoms with Gasteiger partial charge in [0.25, 0.3) is 0 Å². The number of fused-ring (bicyclic) bond motifs is 2. The van der Waals surface area contributed by atoms with E-state index in [0.29, 0.717) is 0 Å². The molecular formula is C14H19N. The van der Waals surface area contributed by atoms with Crippen molar-refractivity contribution in [3.8, 4) is 0 Å². The van der Waals surface area contributed by atoms with Gasteiger partial charge in [0.05, 0.1) is 0 Å². The Hall–Kier alpha value is -0.820. The first kappa shape index (κ1) is 9.41. The van der Waals surface area contributed by atoms with E-state index in [1.54, 1.807) is 5.56 Å². The van der Waals surface area contributed by atoms with Gasteiger partial charge in [0.15, 0.2) is 0 Å². The minimum atomic E-state index is 0.754. The molecule has 2 saturated heterocycles. The van der Waals surface area contributed by atoms with Gasteiger partial charge in [-0.1, -0.05) is 24.3 Å². The summed E-state index contributed by atoms with van der Waals surface area (Å²) in [6, 6.07) is 9.68. The molecule has 0 amide bonds. The SMILES string of the molecule is Cc1ccccc1C1C2CCN(C2)[C@@H]1C. The maximum absolute atomic E-state index is 2.65. The van der Waals surface area contributed by atoms with Crippen LogP contribution < -0.4 is 0 Å². The molecule has 0 N–H and O–H groups in total. The van der Waals surface area contributed by atoms with Crippen molar-refractivity contribution in [3.05, 3.63) is 35.4 Å². The van der Waals surface area contributed by atoms with Crippen LogP contribution in [0.25, 0.3) is 0 Å². The third-order valence-electron chi connectivity index (χ3n) is 4.41. The molecular weight excluding hydrogens is 182 g/mol. The van der Waals surface area contributed by atoms with Crippen molar-refractivity contribution < 1.29 is 0 Å². The molecule has 3 rings (SSSR count). The molecule has 0 aromatic heterocycles. The van der Waals surface area contributed by atoms with Crippen LogP contribution in [0.1, 0.15) is 30.4 Å². The highest BCUT2D eigenvalue weighted by atomic mass is 15.2. The number of aryl methyl sites for hydroxylation is 1. The van der Waals surface area contributed by atoms with Gasteiger partial charge in [0.2, 0.25) is 0 Å². The Bertz CT molecular complexity index is 369. The van der Waals surface area contributed by atoms with Crippen LogP contribution >= 0.6 is 0 Å². The summed E-state index contributed by atoms with van der Waals surface area (Å²) in [6.07, 6.45) is 1.41. The zero-order valence-corrected chi connectivity index (χ0v) is 9.61. The minimum Gasteiger partial charge on any atom is -0.300 e. The van der Waals surface area contributed by atoms with Gasteiger partial charge < -0.3 is 0 Å². The summed E-state index contributed by atoms with van der Waals surface area (Å²) in [5.41, 5.74) is 3.07. The molecule has 80 valence electrons. The molecule has 1 aromatic carbocycles. The Morgan fingerprint density at radius 1 is 1.27 bits per heavy atom. The first-order valence-electron chi connectivity index (χ1n) is 6.07. The highest BCUT2D eigenvalue weighted by molar-refractivity contribution is 5.32. The quantitative estimate of drug-likeness (QED) is 0.675. The van der Waals surface area contributed by atoms with Gasteiger partial charge in [-0.2, -0.15) is 0 Å². The van der Waals surface area contributed by atoms with Crippen molar-refractivity contribution in [1.29, 1.82) is 0 Å². The van der Waals surface area contributed by atoms with E-state index in [9.17, 15) is 0 Å². The monoisotopic (exact) mass is 201 g/mol. The molecule has 4 atom stereocenters. The predicted molar refractivity (Wildman–Crippen MR) is 63.1 cm³/mol. The molecule has 0 saturated carbocycles. The fourth-order valence-electron chi connectivity index (χ4n) is 3.57. The number of rotatable bonds is 1. The van der Waals surface area contributed by atoms with Crippen LogP contribution in [0.3, 0.4) is 0 Å². The number of piperidine rings is 1. The highest BCUT2D eigenvalue weighted by Crippen LogP contribution is 2.45. The van der Waals surface area contributed by atoms with Gasteiger partial charge in [-0.15, -0.1) is 0 Å². The smallest absolute Gasteiger partial charge is 0.0139 e. The molecule has 2 fully saturated rings. The maximum Gasteiger partial charge on any atom is 0.0139 e.